The molecule has 4 heterocycles. The predicted molar refractivity (Wildman–Crippen MR) is 175 cm³/mol. The number of piperazine rings is 1. The molecule has 8 nitrogen and oxygen atoms in total. The minimum atomic E-state index is -0.0809. The zero-order valence-corrected chi connectivity index (χ0v) is 26.6. The Balaban J connectivity index is 1.44. The standard InChI is InChI=1S/C35H48N6O2/c1-7-41(31-10-16-43-17-11-31)34-20-29(28-8-9-30(36-21-28)23-40-14-12-39(6)13-15-40)19-32(26(34)4)35(42)37-22-33-24(2)18-25(3)38-27(33)5/h8-9,18-21,31,38H,5,7,10-17,22-23H2,1-4,6H3,(H,37,42). The lowest BCUT2D eigenvalue weighted by molar-refractivity contribution is 0.0846. The fraction of sp³-hybridized carbons (Fsp3) is 0.486. The molecule has 1 aromatic carbocycles. The molecule has 3 aliphatic heterocycles. The van der Waals surface area contributed by atoms with E-state index in [2.05, 4.69) is 84.0 Å². The van der Waals surface area contributed by atoms with Crippen molar-refractivity contribution in [1.29, 1.82) is 0 Å². The molecule has 230 valence electrons. The van der Waals surface area contributed by atoms with Crippen LogP contribution < -0.4 is 15.5 Å². The largest absolute Gasteiger partial charge is 0.381 e. The maximum absolute atomic E-state index is 13.8. The molecule has 1 aromatic heterocycles. The summed E-state index contributed by atoms with van der Waals surface area (Å²) in [5, 5.41) is 6.49. The number of allylic oxidation sites excluding steroid dienone is 3. The summed E-state index contributed by atoms with van der Waals surface area (Å²) in [5.41, 5.74) is 9.93. The highest BCUT2D eigenvalue weighted by Gasteiger charge is 2.25. The number of amides is 1. The predicted octanol–water partition coefficient (Wildman–Crippen LogP) is 4.88. The lowest BCUT2D eigenvalue weighted by Gasteiger charge is -2.37. The highest BCUT2D eigenvalue weighted by molar-refractivity contribution is 5.99. The number of hydrogen-bond acceptors (Lipinski definition) is 7. The molecule has 5 rings (SSSR count). The zero-order valence-electron chi connectivity index (χ0n) is 26.6. The van der Waals surface area contributed by atoms with Gasteiger partial charge in [-0.25, -0.2) is 0 Å². The van der Waals surface area contributed by atoms with Crippen molar-refractivity contribution in [3.05, 3.63) is 82.5 Å². The number of aromatic nitrogens is 1. The van der Waals surface area contributed by atoms with E-state index < -0.39 is 0 Å². The molecule has 2 aromatic rings. The van der Waals surface area contributed by atoms with Crippen molar-refractivity contribution >= 4 is 11.6 Å². The lowest BCUT2D eigenvalue weighted by atomic mass is 9.95. The number of hydrogen-bond donors (Lipinski definition) is 2. The first-order valence-electron chi connectivity index (χ1n) is 15.7. The van der Waals surface area contributed by atoms with E-state index in [1.54, 1.807) is 0 Å². The van der Waals surface area contributed by atoms with E-state index >= 15 is 0 Å². The third-order valence-corrected chi connectivity index (χ3v) is 9.09. The number of rotatable bonds is 9. The summed E-state index contributed by atoms with van der Waals surface area (Å²) in [7, 11) is 2.18. The van der Waals surface area contributed by atoms with Crippen LogP contribution in [0, 0.1) is 6.92 Å². The Morgan fingerprint density at radius 2 is 1.86 bits per heavy atom. The molecule has 43 heavy (non-hydrogen) atoms. The fourth-order valence-electron chi connectivity index (χ4n) is 6.46. The number of carbonyl (C=O) groups is 1. The molecule has 3 aliphatic rings. The second-order valence-electron chi connectivity index (χ2n) is 12.2. The Labute approximate surface area is 257 Å². The molecule has 2 saturated heterocycles. The summed E-state index contributed by atoms with van der Waals surface area (Å²) in [6, 6.07) is 8.94. The van der Waals surface area contributed by atoms with E-state index in [1.807, 2.05) is 19.2 Å². The van der Waals surface area contributed by atoms with E-state index in [0.29, 0.717) is 18.2 Å². The lowest BCUT2D eigenvalue weighted by Crippen LogP contribution is -2.43. The van der Waals surface area contributed by atoms with Crippen molar-refractivity contribution in [3.63, 3.8) is 0 Å². The van der Waals surface area contributed by atoms with Gasteiger partial charge in [0.25, 0.3) is 5.91 Å². The van der Waals surface area contributed by atoms with Gasteiger partial charge in [0.1, 0.15) is 0 Å². The van der Waals surface area contributed by atoms with E-state index in [-0.39, 0.29) is 5.91 Å². The quantitative estimate of drug-likeness (QED) is 0.436. The first kappa shape index (κ1) is 31.0. The summed E-state index contributed by atoms with van der Waals surface area (Å²) in [6.07, 6.45) is 6.02. The van der Waals surface area contributed by atoms with Gasteiger partial charge in [0.15, 0.2) is 0 Å². The molecule has 2 fully saturated rings. The van der Waals surface area contributed by atoms with Crippen LogP contribution in [0.4, 0.5) is 5.69 Å². The highest BCUT2D eigenvalue weighted by atomic mass is 16.5. The summed E-state index contributed by atoms with van der Waals surface area (Å²) >= 11 is 0. The molecule has 0 bridgehead atoms. The summed E-state index contributed by atoms with van der Waals surface area (Å²) < 4.78 is 5.67. The van der Waals surface area contributed by atoms with Crippen molar-refractivity contribution in [1.82, 2.24) is 25.4 Å². The molecule has 0 radical (unpaired) electrons. The van der Waals surface area contributed by atoms with Crippen molar-refractivity contribution in [2.75, 3.05) is 64.4 Å². The highest BCUT2D eigenvalue weighted by Crippen LogP contribution is 2.34. The topological polar surface area (TPSA) is 73.0 Å². The van der Waals surface area contributed by atoms with Gasteiger partial charge in [0, 0.05) is 99.5 Å². The number of nitrogens with zero attached hydrogens (tertiary/aromatic N) is 4. The Hall–Kier alpha value is -3.46. The van der Waals surface area contributed by atoms with Crippen LogP contribution in [0.3, 0.4) is 0 Å². The van der Waals surface area contributed by atoms with E-state index in [9.17, 15) is 4.79 Å². The van der Waals surface area contributed by atoms with Crippen LogP contribution >= 0.6 is 0 Å². The SMILES string of the molecule is C=C1NC(C)=CC(C)=C1CNC(=O)c1cc(-c2ccc(CN3CCN(C)CC3)nc2)cc(N(CC)C2CCOCC2)c1C. The fourth-order valence-corrected chi connectivity index (χ4v) is 6.46. The second kappa shape index (κ2) is 13.9. The monoisotopic (exact) mass is 584 g/mol. The van der Waals surface area contributed by atoms with Gasteiger partial charge in [-0.1, -0.05) is 12.6 Å². The number of carbonyl (C=O) groups excluding carboxylic acids is 1. The van der Waals surface area contributed by atoms with Crippen LogP contribution in [0.1, 0.15) is 55.2 Å². The van der Waals surface area contributed by atoms with Crippen molar-refractivity contribution in [2.45, 2.75) is 53.1 Å². The summed E-state index contributed by atoms with van der Waals surface area (Å²) in [5.74, 6) is -0.0809. The molecular weight excluding hydrogens is 536 g/mol. The average molecular weight is 585 g/mol. The normalized spacial score (nSPS) is 18.8. The average Bonchev–Trinajstić information content (AvgIpc) is 3.00. The van der Waals surface area contributed by atoms with Gasteiger partial charge in [-0.2, -0.15) is 0 Å². The summed E-state index contributed by atoms with van der Waals surface area (Å²) in [6.45, 7) is 20.5. The van der Waals surface area contributed by atoms with Crippen LogP contribution in [-0.2, 0) is 11.3 Å². The molecule has 0 unspecified atom stereocenters. The molecule has 2 N–H and O–H groups in total. The Morgan fingerprint density at radius 1 is 1.12 bits per heavy atom. The Morgan fingerprint density at radius 3 is 2.51 bits per heavy atom. The van der Waals surface area contributed by atoms with Gasteiger partial charge in [-0.3, -0.25) is 14.7 Å². The first-order chi connectivity index (χ1) is 20.7. The van der Waals surface area contributed by atoms with Crippen LogP contribution in [-0.4, -0.2) is 86.3 Å². The van der Waals surface area contributed by atoms with Gasteiger partial charge in [0.05, 0.1) is 5.69 Å². The van der Waals surface area contributed by atoms with E-state index in [4.69, 9.17) is 9.72 Å². The molecule has 8 heteroatoms. The van der Waals surface area contributed by atoms with Crippen LogP contribution in [0.2, 0.25) is 0 Å². The zero-order chi connectivity index (χ0) is 30.5. The summed E-state index contributed by atoms with van der Waals surface area (Å²) in [4.78, 5) is 26.0. The second-order valence-corrected chi connectivity index (χ2v) is 12.2. The van der Waals surface area contributed by atoms with Crippen LogP contribution in [0.15, 0.2) is 65.7 Å². The van der Waals surface area contributed by atoms with E-state index in [1.165, 1.54) is 0 Å². The van der Waals surface area contributed by atoms with Gasteiger partial charge in [-0.15, -0.1) is 0 Å². The number of benzene rings is 1. The third-order valence-electron chi connectivity index (χ3n) is 9.09. The molecule has 0 aliphatic carbocycles. The van der Waals surface area contributed by atoms with Crippen molar-refractivity contribution in [2.24, 2.45) is 0 Å². The smallest absolute Gasteiger partial charge is 0.251 e. The molecule has 0 atom stereocenters. The Bertz CT molecular complexity index is 1380. The number of likely N-dealkylation sites (N-methyl/N-ethyl adjacent to an activating group) is 1. The number of dihydropyridines is 1. The van der Waals surface area contributed by atoms with Crippen LogP contribution in [0.5, 0.6) is 0 Å². The number of ether oxygens (including phenoxy) is 1. The molecule has 0 spiro atoms. The first-order valence-corrected chi connectivity index (χ1v) is 15.7. The van der Waals surface area contributed by atoms with Gasteiger partial charge in [-0.05, 0) is 94.1 Å². The van der Waals surface area contributed by atoms with Gasteiger partial charge in [0.2, 0.25) is 0 Å². The third kappa shape index (κ3) is 7.37. The maximum atomic E-state index is 13.8. The van der Waals surface area contributed by atoms with Crippen molar-refractivity contribution < 1.29 is 9.53 Å². The number of nitrogens with one attached hydrogen (secondary N) is 2. The minimum Gasteiger partial charge on any atom is -0.381 e. The van der Waals surface area contributed by atoms with Gasteiger partial charge < -0.3 is 25.2 Å². The number of anilines is 1. The van der Waals surface area contributed by atoms with E-state index in [0.717, 1.165) is 116 Å². The minimum absolute atomic E-state index is 0.0809. The number of pyridine rings is 1. The molecular formula is C35H48N6O2. The molecule has 1 amide bonds. The van der Waals surface area contributed by atoms with Gasteiger partial charge >= 0.3 is 0 Å². The van der Waals surface area contributed by atoms with Crippen molar-refractivity contribution in [3.8, 4) is 11.1 Å². The van der Waals surface area contributed by atoms with Crippen LogP contribution in [0.25, 0.3) is 11.1 Å². The maximum Gasteiger partial charge on any atom is 0.251 e. The Kier molecular flexibility index (Phi) is 10.0. The molecule has 0 saturated carbocycles.